The number of rotatable bonds is 5. The summed E-state index contributed by atoms with van der Waals surface area (Å²) in [7, 11) is 0. The maximum atomic E-state index is 9.09. The molecule has 3 rings (SSSR count). The lowest BCUT2D eigenvalue weighted by Crippen LogP contribution is -2.18. The number of aliphatic hydroxyl groups excluding tert-OH is 1. The molecule has 2 N–H and O–H groups in total. The van der Waals surface area contributed by atoms with E-state index < -0.39 is 0 Å². The van der Waals surface area contributed by atoms with Crippen molar-refractivity contribution in [3.63, 3.8) is 0 Å². The molecule has 100 valence electrons. The number of para-hydroxylation sites is 1. The first-order valence-corrected chi connectivity index (χ1v) is 6.94. The van der Waals surface area contributed by atoms with Gasteiger partial charge in [-0.05, 0) is 49.3 Å². The van der Waals surface area contributed by atoms with E-state index in [1.807, 2.05) is 18.2 Å². The lowest BCUT2D eigenvalue weighted by atomic mass is 10.0. The Morgan fingerprint density at radius 2 is 2.11 bits per heavy atom. The molecule has 1 saturated carbocycles. The zero-order chi connectivity index (χ0) is 13.3. The van der Waals surface area contributed by atoms with Gasteiger partial charge in [0.15, 0.2) is 0 Å². The van der Waals surface area contributed by atoms with Crippen LogP contribution in [0.5, 0.6) is 0 Å². The SMILES string of the molecule is Cc1cc2ccccc2nc1NCC1(CCO)CC1. The molecule has 19 heavy (non-hydrogen) atoms. The van der Waals surface area contributed by atoms with Crippen molar-refractivity contribution in [2.45, 2.75) is 26.2 Å². The summed E-state index contributed by atoms with van der Waals surface area (Å²) in [5, 5.41) is 13.7. The number of aliphatic hydroxyl groups is 1. The molecule has 3 nitrogen and oxygen atoms in total. The Bertz CT molecular complexity index is 590. The molecule has 0 bridgehead atoms. The first-order valence-electron chi connectivity index (χ1n) is 6.94. The molecule has 0 atom stereocenters. The van der Waals surface area contributed by atoms with E-state index in [-0.39, 0.29) is 6.61 Å². The fourth-order valence-corrected chi connectivity index (χ4v) is 2.60. The van der Waals surface area contributed by atoms with E-state index in [1.165, 1.54) is 23.8 Å². The molecule has 1 heterocycles. The van der Waals surface area contributed by atoms with Crippen LogP contribution in [0, 0.1) is 12.3 Å². The smallest absolute Gasteiger partial charge is 0.129 e. The summed E-state index contributed by atoms with van der Waals surface area (Å²) in [6.07, 6.45) is 3.33. The van der Waals surface area contributed by atoms with Gasteiger partial charge in [0.25, 0.3) is 0 Å². The molecule has 0 unspecified atom stereocenters. The van der Waals surface area contributed by atoms with E-state index in [1.54, 1.807) is 0 Å². The highest BCUT2D eigenvalue weighted by molar-refractivity contribution is 5.81. The van der Waals surface area contributed by atoms with Gasteiger partial charge < -0.3 is 10.4 Å². The Labute approximate surface area is 113 Å². The molecule has 0 spiro atoms. The third-order valence-corrected chi connectivity index (χ3v) is 4.14. The van der Waals surface area contributed by atoms with Gasteiger partial charge in [-0.2, -0.15) is 0 Å². The number of aryl methyl sites for hydroxylation is 1. The van der Waals surface area contributed by atoms with Crippen LogP contribution < -0.4 is 5.32 Å². The molecule has 1 fully saturated rings. The number of nitrogens with zero attached hydrogens (tertiary/aromatic N) is 1. The number of anilines is 1. The number of nitrogens with one attached hydrogen (secondary N) is 1. The van der Waals surface area contributed by atoms with Crippen LogP contribution in [-0.4, -0.2) is 23.2 Å². The van der Waals surface area contributed by atoms with E-state index in [0.29, 0.717) is 5.41 Å². The molecule has 1 aliphatic rings. The van der Waals surface area contributed by atoms with Crippen molar-refractivity contribution in [3.8, 4) is 0 Å². The molecule has 0 radical (unpaired) electrons. The molecule has 1 aliphatic carbocycles. The van der Waals surface area contributed by atoms with Crippen molar-refractivity contribution >= 4 is 16.7 Å². The summed E-state index contributed by atoms with van der Waals surface area (Å²) in [6, 6.07) is 10.4. The second kappa shape index (κ2) is 4.82. The summed E-state index contributed by atoms with van der Waals surface area (Å²) in [4.78, 5) is 4.69. The summed E-state index contributed by atoms with van der Waals surface area (Å²) in [5.74, 6) is 0.975. The van der Waals surface area contributed by atoms with Gasteiger partial charge in [-0.1, -0.05) is 18.2 Å². The second-order valence-electron chi connectivity index (χ2n) is 5.67. The lowest BCUT2D eigenvalue weighted by Gasteiger charge is -2.16. The normalized spacial score (nSPS) is 16.5. The highest BCUT2D eigenvalue weighted by Crippen LogP contribution is 2.48. The largest absolute Gasteiger partial charge is 0.396 e. The van der Waals surface area contributed by atoms with E-state index in [9.17, 15) is 0 Å². The van der Waals surface area contributed by atoms with Gasteiger partial charge in [-0.25, -0.2) is 4.98 Å². The van der Waals surface area contributed by atoms with Crippen LogP contribution in [0.15, 0.2) is 30.3 Å². The predicted octanol–water partition coefficient (Wildman–Crippen LogP) is 3.12. The third-order valence-electron chi connectivity index (χ3n) is 4.14. The van der Waals surface area contributed by atoms with E-state index in [4.69, 9.17) is 10.1 Å². The second-order valence-corrected chi connectivity index (χ2v) is 5.67. The molecule has 0 amide bonds. The first-order chi connectivity index (χ1) is 9.22. The van der Waals surface area contributed by atoms with Crippen LogP contribution in [0.2, 0.25) is 0 Å². The van der Waals surface area contributed by atoms with Gasteiger partial charge in [0.05, 0.1) is 5.52 Å². The van der Waals surface area contributed by atoms with Gasteiger partial charge in [0.2, 0.25) is 0 Å². The van der Waals surface area contributed by atoms with Gasteiger partial charge in [0, 0.05) is 18.5 Å². The molecular formula is C16H20N2O. The van der Waals surface area contributed by atoms with Crippen molar-refractivity contribution in [1.82, 2.24) is 4.98 Å². The third kappa shape index (κ3) is 2.56. The van der Waals surface area contributed by atoms with Crippen molar-refractivity contribution < 1.29 is 5.11 Å². The van der Waals surface area contributed by atoms with Crippen LogP contribution in [0.1, 0.15) is 24.8 Å². The highest BCUT2D eigenvalue weighted by Gasteiger charge is 2.41. The monoisotopic (exact) mass is 256 g/mol. The number of benzene rings is 1. The quantitative estimate of drug-likeness (QED) is 0.864. The summed E-state index contributed by atoms with van der Waals surface area (Å²) < 4.78 is 0. The van der Waals surface area contributed by atoms with Crippen molar-refractivity contribution in [3.05, 3.63) is 35.9 Å². The first kappa shape index (κ1) is 12.4. The Hall–Kier alpha value is -1.61. The van der Waals surface area contributed by atoms with Gasteiger partial charge in [0.1, 0.15) is 5.82 Å². The fraction of sp³-hybridized carbons (Fsp3) is 0.438. The summed E-state index contributed by atoms with van der Waals surface area (Å²) in [5.41, 5.74) is 2.52. The molecule has 2 aromatic rings. The fourth-order valence-electron chi connectivity index (χ4n) is 2.60. The molecule has 1 aromatic heterocycles. The summed E-state index contributed by atoms with van der Waals surface area (Å²) in [6.45, 7) is 3.29. The van der Waals surface area contributed by atoms with Gasteiger partial charge in [-0.3, -0.25) is 0 Å². The average Bonchev–Trinajstić information content (AvgIpc) is 3.17. The van der Waals surface area contributed by atoms with Gasteiger partial charge in [-0.15, -0.1) is 0 Å². The number of hydrogen-bond donors (Lipinski definition) is 2. The Balaban J connectivity index is 1.79. The lowest BCUT2D eigenvalue weighted by molar-refractivity contribution is 0.253. The van der Waals surface area contributed by atoms with E-state index in [0.717, 1.165) is 24.3 Å². The Kier molecular flexibility index (Phi) is 3.15. The average molecular weight is 256 g/mol. The number of aromatic nitrogens is 1. The predicted molar refractivity (Wildman–Crippen MR) is 78.3 cm³/mol. The minimum atomic E-state index is 0.284. The molecular weight excluding hydrogens is 236 g/mol. The minimum Gasteiger partial charge on any atom is -0.396 e. The van der Waals surface area contributed by atoms with Crippen molar-refractivity contribution in [2.75, 3.05) is 18.5 Å². The Morgan fingerprint density at radius 3 is 2.84 bits per heavy atom. The number of hydrogen-bond acceptors (Lipinski definition) is 3. The molecule has 1 aromatic carbocycles. The van der Waals surface area contributed by atoms with Crippen molar-refractivity contribution in [2.24, 2.45) is 5.41 Å². The Morgan fingerprint density at radius 1 is 1.32 bits per heavy atom. The van der Waals surface area contributed by atoms with E-state index in [2.05, 4.69) is 24.4 Å². The maximum Gasteiger partial charge on any atom is 0.129 e. The number of pyridine rings is 1. The molecule has 3 heteroatoms. The zero-order valence-corrected chi connectivity index (χ0v) is 11.3. The van der Waals surface area contributed by atoms with Crippen LogP contribution >= 0.6 is 0 Å². The van der Waals surface area contributed by atoms with E-state index >= 15 is 0 Å². The summed E-state index contributed by atoms with van der Waals surface area (Å²) >= 11 is 0. The van der Waals surface area contributed by atoms with Crippen LogP contribution in [0.3, 0.4) is 0 Å². The molecule has 0 saturated heterocycles. The minimum absolute atomic E-state index is 0.284. The van der Waals surface area contributed by atoms with Crippen molar-refractivity contribution in [1.29, 1.82) is 0 Å². The zero-order valence-electron chi connectivity index (χ0n) is 11.3. The standard InChI is InChI=1S/C16H20N2O/c1-12-10-13-4-2-3-5-14(13)18-15(12)17-11-16(6-7-16)8-9-19/h2-5,10,19H,6-9,11H2,1H3,(H,17,18). The molecule has 0 aliphatic heterocycles. The van der Waals surface area contributed by atoms with Crippen LogP contribution in [0.25, 0.3) is 10.9 Å². The number of fused-ring (bicyclic) bond motifs is 1. The maximum absolute atomic E-state index is 9.09. The van der Waals surface area contributed by atoms with Crippen LogP contribution in [0.4, 0.5) is 5.82 Å². The topological polar surface area (TPSA) is 45.2 Å². The van der Waals surface area contributed by atoms with Crippen LogP contribution in [-0.2, 0) is 0 Å². The van der Waals surface area contributed by atoms with Gasteiger partial charge >= 0.3 is 0 Å². The highest BCUT2D eigenvalue weighted by atomic mass is 16.3.